The predicted molar refractivity (Wildman–Crippen MR) is 195 cm³/mol. The standard InChI is InChI=1S/C42H29BN4.Pt/c1-28-20-23-41(44-27-28)47-38-19-11-8-16-34(38)35-22-21-31(26-39(35)47)43(30-12-4-3-5-13-30)40-24-29(2)25-42(45-40)46-36-17-9-6-14-32(36)33-15-7-10-18-37(33)46;/h3-17,19-25,27H,1-2H3;/q-2;+2. The fraction of sp³-hybridized carbons (Fsp3) is 0.0476. The zero-order chi connectivity index (χ0) is 31.5. The van der Waals surface area contributed by atoms with Crippen LogP contribution in [-0.2, 0) is 21.1 Å². The molecular weight excluding hydrogens is 766 g/mol. The van der Waals surface area contributed by atoms with Gasteiger partial charge in [-0.1, -0.05) is 89.3 Å². The van der Waals surface area contributed by atoms with Crippen LogP contribution in [-0.4, -0.2) is 25.8 Å². The molecule has 0 atom stereocenters. The van der Waals surface area contributed by atoms with Crippen LogP contribution in [0.5, 0.6) is 0 Å². The number of hydrogen-bond donors (Lipinski definition) is 0. The Morgan fingerprint density at radius 3 is 1.98 bits per heavy atom. The monoisotopic (exact) mass is 795 g/mol. The van der Waals surface area contributed by atoms with Crippen molar-refractivity contribution in [3.05, 3.63) is 163 Å². The van der Waals surface area contributed by atoms with Crippen molar-refractivity contribution >= 4 is 66.8 Å². The maximum absolute atomic E-state index is 5.45. The number of benzene rings is 5. The van der Waals surface area contributed by atoms with E-state index in [0.29, 0.717) is 0 Å². The van der Waals surface area contributed by atoms with E-state index in [1.54, 1.807) is 0 Å². The van der Waals surface area contributed by atoms with Crippen LogP contribution in [0.25, 0.3) is 55.2 Å². The summed E-state index contributed by atoms with van der Waals surface area (Å²) in [7, 11) is 0. The molecular formula is C42H29BN4Pt. The number of aryl methyl sites for hydroxylation is 2. The second kappa shape index (κ2) is 12.1. The number of para-hydroxylation sites is 3. The molecule has 0 fully saturated rings. The van der Waals surface area contributed by atoms with Crippen LogP contribution in [0.15, 0.2) is 140 Å². The summed E-state index contributed by atoms with van der Waals surface area (Å²) in [5.74, 6) is 1.76. The smallest absolute Gasteiger partial charge is 0.319 e. The fourth-order valence-electron chi connectivity index (χ4n) is 7.09. The molecule has 4 nitrogen and oxygen atoms in total. The van der Waals surface area contributed by atoms with Crippen LogP contribution in [0.4, 0.5) is 0 Å². The fourth-order valence-corrected chi connectivity index (χ4v) is 7.09. The molecule has 0 amide bonds. The van der Waals surface area contributed by atoms with Gasteiger partial charge < -0.3 is 9.13 Å². The largest absolute Gasteiger partial charge is 2.00 e. The van der Waals surface area contributed by atoms with Gasteiger partial charge in [0.25, 0.3) is 0 Å². The number of aromatic nitrogens is 4. The zero-order valence-electron chi connectivity index (χ0n) is 26.5. The SMILES string of the molecule is Cc1ccc(-n2c3[c-]c(B(c4ccccc4)c4cc(C)cc(-n5c6[c-]cccc6c6ccccc65)n4)ccc3c3ccccc32)nc1.[Pt+2]. The quantitative estimate of drug-likeness (QED) is 0.135. The van der Waals surface area contributed by atoms with Gasteiger partial charge in [0, 0.05) is 22.8 Å². The summed E-state index contributed by atoms with van der Waals surface area (Å²) in [5.41, 5.74) is 9.73. The minimum Gasteiger partial charge on any atom is -0.319 e. The van der Waals surface area contributed by atoms with Crippen molar-refractivity contribution in [2.45, 2.75) is 13.8 Å². The summed E-state index contributed by atoms with van der Waals surface area (Å²) in [6.07, 6.45) is 1.93. The van der Waals surface area contributed by atoms with Crippen molar-refractivity contribution in [2.75, 3.05) is 0 Å². The maximum Gasteiger partial charge on any atom is 2.00 e. The van der Waals surface area contributed by atoms with Crippen molar-refractivity contribution < 1.29 is 21.1 Å². The zero-order valence-corrected chi connectivity index (χ0v) is 28.7. The molecule has 0 saturated heterocycles. The Labute approximate surface area is 294 Å². The average Bonchev–Trinajstić information content (AvgIpc) is 3.62. The molecule has 4 heterocycles. The molecule has 0 radical (unpaired) electrons. The molecule has 0 unspecified atom stereocenters. The van der Waals surface area contributed by atoms with Gasteiger partial charge in [-0.2, -0.15) is 47.9 Å². The normalized spacial score (nSPS) is 11.4. The third-order valence-corrected chi connectivity index (χ3v) is 9.17. The van der Waals surface area contributed by atoms with E-state index in [1.165, 1.54) is 16.2 Å². The van der Waals surface area contributed by atoms with Crippen molar-refractivity contribution in [1.82, 2.24) is 19.1 Å². The third-order valence-electron chi connectivity index (χ3n) is 9.17. The number of hydrogen-bond acceptors (Lipinski definition) is 2. The van der Waals surface area contributed by atoms with Gasteiger partial charge in [0.1, 0.15) is 11.6 Å². The number of fused-ring (bicyclic) bond motifs is 6. The molecule has 0 spiro atoms. The van der Waals surface area contributed by atoms with E-state index in [2.05, 4.69) is 163 Å². The summed E-state index contributed by atoms with van der Waals surface area (Å²) in [5, 5.41) is 4.70. The molecule has 48 heavy (non-hydrogen) atoms. The van der Waals surface area contributed by atoms with Crippen LogP contribution < -0.4 is 16.5 Å². The van der Waals surface area contributed by atoms with E-state index >= 15 is 0 Å². The molecule has 0 N–H and O–H groups in total. The summed E-state index contributed by atoms with van der Waals surface area (Å²) >= 11 is 0. The molecule has 230 valence electrons. The molecule has 0 aliphatic rings. The third kappa shape index (κ3) is 4.89. The Kier molecular flexibility index (Phi) is 7.58. The van der Waals surface area contributed by atoms with E-state index in [4.69, 9.17) is 9.97 Å². The van der Waals surface area contributed by atoms with Crippen LogP contribution in [0.3, 0.4) is 0 Å². The van der Waals surface area contributed by atoms with Gasteiger partial charge in [-0.25, -0.2) is 9.97 Å². The van der Waals surface area contributed by atoms with Gasteiger partial charge in [0.2, 0.25) is 6.71 Å². The first-order valence-electron chi connectivity index (χ1n) is 16.0. The Hall–Kier alpha value is -5.25. The van der Waals surface area contributed by atoms with Gasteiger partial charge in [0.15, 0.2) is 0 Å². The Bertz CT molecular complexity index is 2550. The first kappa shape index (κ1) is 30.1. The topological polar surface area (TPSA) is 35.6 Å². The minimum atomic E-state index is -0.145. The van der Waals surface area contributed by atoms with E-state index < -0.39 is 0 Å². The second-order valence-electron chi connectivity index (χ2n) is 12.3. The molecule has 9 aromatic rings. The van der Waals surface area contributed by atoms with Gasteiger partial charge in [-0.15, -0.1) is 10.8 Å². The summed E-state index contributed by atoms with van der Waals surface area (Å²) in [6, 6.07) is 54.4. The van der Waals surface area contributed by atoms with E-state index in [0.717, 1.165) is 66.7 Å². The van der Waals surface area contributed by atoms with Crippen LogP contribution in [0.1, 0.15) is 11.1 Å². The maximum atomic E-state index is 5.45. The minimum absolute atomic E-state index is 0. The molecule has 6 heteroatoms. The first-order valence-corrected chi connectivity index (χ1v) is 16.0. The van der Waals surface area contributed by atoms with Crippen molar-refractivity contribution in [3.8, 4) is 11.6 Å². The molecule has 9 rings (SSSR count). The van der Waals surface area contributed by atoms with E-state index in [1.807, 2.05) is 12.3 Å². The van der Waals surface area contributed by atoms with Crippen LogP contribution in [0.2, 0.25) is 0 Å². The molecule has 0 aliphatic carbocycles. The second-order valence-corrected chi connectivity index (χ2v) is 12.3. The summed E-state index contributed by atoms with van der Waals surface area (Å²) in [6.45, 7) is 4.08. The van der Waals surface area contributed by atoms with Crippen molar-refractivity contribution in [1.29, 1.82) is 0 Å². The van der Waals surface area contributed by atoms with Crippen molar-refractivity contribution in [2.24, 2.45) is 0 Å². The Morgan fingerprint density at radius 1 is 0.583 bits per heavy atom. The Balaban J connectivity index is 0.00000336. The predicted octanol–water partition coefficient (Wildman–Crippen LogP) is 7.40. The van der Waals surface area contributed by atoms with Crippen molar-refractivity contribution in [3.63, 3.8) is 0 Å². The van der Waals surface area contributed by atoms with Crippen LogP contribution in [0, 0.1) is 26.0 Å². The van der Waals surface area contributed by atoms with Gasteiger partial charge in [-0.05, 0) is 66.1 Å². The molecule has 4 aromatic heterocycles. The van der Waals surface area contributed by atoms with Crippen LogP contribution >= 0.6 is 0 Å². The van der Waals surface area contributed by atoms with Gasteiger partial charge >= 0.3 is 21.1 Å². The van der Waals surface area contributed by atoms with E-state index in [-0.39, 0.29) is 27.8 Å². The number of pyridine rings is 2. The molecule has 0 saturated carbocycles. The first-order chi connectivity index (χ1) is 23.1. The molecule has 0 bridgehead atoms. The number of nitrogens with zero attached hydrogens (tertiary/aromatic N) is 4. The van der Waals surface area contributed by atoms with E-state index in [9.17, 15) is 0 Å². The molecule has 5 aromatic carbocycles. The molecule has 0 aliphatic heterocycles. The summed E-state index contributed by atoms with van der Waals surface area (Å²) in [4.78, 5) is 10.3. The van der Waals surface area contributed by atoms with Gasteiger partial charge in [0.05, 0.1) is 0 Å². The summed E-state index contributed by atoms with van der Waals surface area (Å²) < 4.78 is 4.48. The number of rotatable bonds is 5. The average molecular weight is 796 g/mol. The Morgan fingerprint density at radius 2 is 1.25 bits per heavy atom. The van der Waals surface area contributed by atoms with Gasteiger partial charge in [-0.3, -0.25) is 0 Å².